The molecule has 0 spiro atoms. The molecule has 3 heterocycles. The summed E-state index contributed by atoms with van der Waals surface area (Å²) in [5, 5.41) is 9.02. The van der Waals surface area contributed by atoms with Crippen LogP contribution >= 0.6 is 11.8 Å². The van der Waals surface area contributed by atoms with Gasteiger partial charge in [0.25, 0.3) is 0 Å². The smallest absolute Gasteiger partial charge is 0.234 e. The second kappa shape index (κ2) is 5.45. The zero-order valence-corrected chi connectivity index (χ0v) is 13.1. The maximum absolute atomic E-state index is 5.60. The molecule has 0 aromatic carbocycles. The lowest BCUT2D eigenvalue weighted by Crippen LogP contribution is -2.05. The first kappa shape index (κ1) is 14.0. The number of hydrogen-bond acceptors (Lipinski definition) is 6. The Hall–Kier alpha value is -1.93. The molecule has 2 N–H and O–H groups in total. The Morgan fingerprint density at radius 1 is 1.24 bits per heavy atom. The van der Waals surface area contributed by atoms with Crippen molar-refractivity contribution in [3.63, 3.8) is 0 Å². The van der Waals surface area contributed by atoms with Crippen molar-refractivity contribution in [2.24, 2.45) is 12.8 Å². The Labute approximate surface area is 126 Å². The van der Waals surface area contributed by atoms with E-state index >= 15 is 0 Å². The molecule has 0 aliphatic heterocycles. The van der Waals surface area contributed by atoms with E-state index in [1.165, 1.54) is 0 Å². The third-order valence-electron chi connectivity index (χ3n) is 3.27. The summed E-state index contributed by atoms with van der Waals surface area (Å²) in [5.41, 5.74) is 8.67. The molecular weight excluding hydrogens is 286 g/mol. The quantitative estimate of drug-likeness (QED) is 0.729. The third kappa shape index (κ3) is 2.64. The Bertz CT molecular complexity index is 789. The van der Waals surface area contributed by atoms with E-state index in [2.05, 4.69) is 27.1 Å². The molecule has 0 unspecified atom stereocenters. The van der Waals surface area contributed by atoms with E-state index in [0.717, 1.165) is 39.6 Å². The molecule has 3 aromatic heterocycles. The van der Waals surface area contributed by atoms with Gasteiger partial charge >= 0.3 is 0 Å². The van der Waals surface area contributed by atoms with Gasteiger partial charge < -0.3 is 10.3 Å². The van der Waals surface area contributed by atoms with Crippen LogP contribution in [0.4, 0.5) is 0 Å². The molecule has 0 radical (unpaired) electrons. The van der Waals surface area contributed by atoms with E-state index in [4.69, 9.17) is 5.73 Å². The molecule has 0 aliphatic carbocycles. The molecule has 3 rings (SSSR count). The summed E-state index contributed by atoms with van der Waals surface area (Å²) >= 11 is 1.59. The van der Waals surface area contributed by atoms with Gasteiger partial charge in [-0.05, 0) is 19.9 Å². The molecule has 0 bridgehead atoms. The van der Waals surface area contributed by atoms with Crippen molar-refractivity contribution in [3.05, 3.63) is 35.2 Å². The van der Waals surface area contributed by atoms with E-state index in [-0.39, 0.29) is 0 Å². The fraction of sp³-hybridized carbons (Fsp3) is 0.385. The van der Waals surface area contributed by atoms with Gasteiger partial charge in [-0.3, -0.25) is 4.40 Å². The summed E-state index contributed by atoms with van der Waals surface area (Å²) in [7, 11) is 1.92. The van der Waals surface area contributed by atoms with Crippen LogP contribution in [0, 0.1) is 13.8 Å². The van der Waals surface area contributed by atoms with Crippen LogP contribution in [0.25, 0.3) is 5.78 Å². The Morgan fingerprint density at radius 3 is 2.76 bits per heavy atom. The van der Waals surface area contributed by atoms with Crippen LogP contribution in [-0.2, 0) is 19.3 Å². The second-order valence-electron chi connectivity index (χ2n) is 4.89. The number of aryl methyl sites for hydroxylation is 2. The molecule has 7 nitrogen and oxygen atoms in total. The van der Waals surface area contributed by atoms with Crippen molar-refractivity contribution in [2.45, 2.75) is 31.3 Å². The van der Waals surface area contributed by atoms with E-state index < -0.39 is 0 Å². The summed E-state index contributed by atoms with van der Waals surface area (Å²) in [5.74, 6) is 2.24. The predicted octanol–water partition coefficient (Wildman–Crippen LogP) is 1.23. The monoisotopic (exact) mass is 303 g/mol. The molecule has 110 valence electrons. The van der Waals surface area contributed by atoms with Gasteiger partial charge in [-0.1, -0.05) is 11.8 Å². The van der Waals surface area contributed by atoms with E-state index in [1.54, 1.807) is 11.8 Å². The highest BCUT2D eigenvalue weighted by atomic mass is 32.2. The van der Waals surface area contributed by atoms with Gasteiger partial charge in [-0.2, -0.15) is 0 Å². The Balaban J connectivity index is 1.82. The maximum atomic E-state index is 5.60. The van der Waals surface area contributed by atoms with Crippen molar-refractivity contribution in [2.75, 3.05) is 0 Å². The number of imidazole rings is 1. The van der Waals surface area contributed by atoms with Crippen LogP contribution in [0.1, 0.15) is 22.9 Å². The van der Waals surface area contributed by atoms with Crippen LogP contribution in [0.5, 0.6) is 0 Å². The number of rotatable bonds is 4. The van der Waals surface area contributed by atoms with Gasteiger partial charge in [0.2, 0.25) is 5.78 Å². The number of hydrogen-bond donors (Lipinski definition) is 1. The zero-order valence-electron chi connectivity index (χ0n) is 12.2. The van der Waals surface area contributed by atoms with E-state index in [0.29, 0.717) is 6.54 Å². The first-order chi connectivity index (χ1) is 10.1. The van der Waals surface area contributed by atoms with Crippen LogP contribution in [0.15, 0.2) is 17.4 Å². The lowest BCUT2D eigenvalue weighted by atomic mass is 10.3. The number of nitrogens with two attached hydrogens (primary N) is 1. The van der Waals surface area contributed by atoms with Gasteiger partial charge in [0.15, 0.2) is 5.16 Å². The highest BCUT2D eigenvalue weighted by Crippen LogP contribution is 2.21. The fourth-order valence-corrected chi connectivity index (χ4v) is 2.99. The number of nitrogens with zero attached hydrogens (tertiary/aromatic N) is 6. The van der Waals surface area contributed by atoms with Gasteiger partial charge in [-0.25, -0.2) is 9.97 Å². The van der Waals surface area contributed by atoms with Crippen LogP contribution in [0.2, 0.25) is 0 Å². The zero-order chi connectivity index (χ0) is 15.0. The largest absolute Gasteiger partial charge is 0.324 e. The van der Waals surface area contributed by atoms with Gasteiger partial charge in [0.05, 0.1) is 12.2 Å². The van der Waals surface area contributed by atoms with Crippen molar-refractivity contribution >= 4 is 17.5 Å². The molecule has 0 amide bonds. The lowest BCUT2D eigenvalue weighted by Gasteiger charge is -2.00. The molecule has 3 aromatic rings. The topological polar surface area (TPSA) is 86.9 Å². The third-order valence-corrected chi connectivity index (χ3v) is 4.32. The van der Waals surface area contributed by atoms with Gasteiger partial charge in [0.1, 0.15) is 5.82 Å². The lowest BCUT2D eigenvalue weighted by molar-refractivity contribution is 0.734. The van der Waals surface area contributed by atoms with Gasteiger partial charge in [-0.15, -0.1) is 10.2 Å². The van der Waals surface area contributed by atoms with Crippen molar-refractivity contribution in [3.8, 4) is 0 Å². The minimum Gasteiger partial charge on any atom is -0.324 e. The van der Waals surface area contributed by atoms with Gasteiger partial charge in [0, 0.05) is 30.4 Å². The minimum atomic E-state index is 0.390. The van der Waals surface area contributed by atoms with Crippen LogP contribution in [0.3, 0.4) is 0 Å². The first-order valence-electron chi connectivity index (χ1n) is 6.62. The summed E-state index contributed by atoms with van der Waals surface area (Å²) < 4.78 is 3.92. The summed E-state index contributed by atoms with van der Waals surface area (Å²) in [4.78, 5) is 8.99. The second-order valence-corrected chi connectivity index (χ2v) is 5.83. The molecular formula is C13H17N7S. The average molecular weight is 303 g/mol. The van der Waals surface area contributed by atoms with Crippen molar-refractivity contribution < 1.29 is 0 Å². The predicted molar refractivity (Wildman–Crippen MR) is 80.9 cm³/mol. The number of thioether (sulfide) groups is 1. The highest BCUT2D eigenvalue weighted by molar-refractivity contribution is 7.98. The molecule has 0 saturated heterocycles. The first-order valence-corrected chi connectivity index (χ1v) is 7.60. The Morgan fingerprint density at radius 2 is 2.05 bits per heavy atom. The summed E-state index contributed by atoms with van der Waals surface area (Å²) in [6, 6.07) is 2.04. The summed E-state index contributed by atoms with van der Waals surface area (Å²) in [6.07, 6.45) is 2.02. The number of fused-ring (bicyclic) bond motifs is 1. The molecule has 21 heavy (non-hydrogen) atoms. The number of aromatic nitrogens is 6. The molecule has 8 heteroatoms. The fourth-order valence-electron chi connectivity index (χ4n) is 2.17. The Kier molecular flexibility index (Phi) is 3.64. The minimum absolute atomic E-state index is 0.390. The van der Waals surface area contributed by atoms with E-state index in [1.807, 2.05) is 35.2 Å². The highest BCUT2D eigenvalue weighted by Gasteiger charge is 2.10. The SMILES string of the molecule is Cc1cc(C)n2cc(CSc3nnc(CN)n3C)nc2n1. The van der Waals surface area contributed by atoms with E-state index in [9.17, 15) is 0 Å². The van der Waals surface area contributed by atoms with Crippen LogP contribution in [-0.4, -0.2) is 29.1 Å². The maximum Gasteiger partial charge on any atom is 0.234 e. The summed E-state index contributed by atoms with van der Waals surface area (Å²) in [6.45, 7) is 4.42. The van der Waals surface area contributed by atoms with Crippen LogP contribution < -0.4 is 5.73 Å². The standard InChI is InChI=1S/C13H17N7S/c1-8-4-9(2)20-6-10(16-12(20)15-8)7-21-13-18-17-11(5-14)19(13)3/h4,6H,5,7,14H2,1-3H3. The van der Waals surface area contributed by atoms with Crippen molar-refractivity contribution in [1.29, 1.82) is 0 Å². The molecule has 0 saturated carbocycles. The molecule has 0 aliphatic rings. The molecule has 0 fully saturated rings. The normalized spacial score (nSPS) is 11.4. The average Bonchev–Trinajstić information content (AvgIpc) is 3.00. The molecule has 0 atom stereocenters. The van der Waals surface area contributed by atoms with Crippen molar-refractivity contribution in [1.82, 2.24) is 29.1 Å².